The van der Waals surface area contributed by atoms with Gasteiger partial charge in [0.15, 0.2) is 0 Å². The Hall–Kier alpha value is -6.00. The maximum atomic E-state index is 6.97. The number of hydrogen-bond acceptors (Lipinski definition) is 3. The van der Waals surface area contributed by atoms with Gasteiger partial charge in [0.1, 0.15) is 23.0 Å². The van der Waals surface area contributed by atoms with E-state index in [1.54, 1.807) is 0 Å². The third kappa shape index (κ3) is 4.38. The molecule has 216 valence electrons. The van der Waals surface area contributed by atoms with E-state index in [9.17, 15) is 0 Å². The first-order valence-corrected chi connectivity index (χ1v) is 15.6. The molecule has 0 saturated heterocycles. The third-order valence-electron chi connectivity index (χ3n) is 8.97. The fourth-order valence-electron chi connectivity index (χ4n) is 6.89. The van der Waals surface area contributed by atoms with Gasteiger partial charge >= 0.3 is 0 Å². The monoisotopic (exact) mass is 589 g/mol. The number of para-hydroxylation sites is 3. The van der Waals surface area contributed by atoms with Crippen molar-refractivity contribution in [2.75, 3.05) is 4.90 Å². The highest BCUT2D eigenvalue weighted by atomic mass is 16.5. The first-order chi connectivity index (χ1) is 22.8. The maximum absolute atomic E-state index is 6.97. The Balaban J connectivity index is 1.28. The van der Waals surface area contributed by atoms with Crippen molar-refractivity contribution in [3.8, 4) is 45.3 Å². The standard InChI is InChI=1S/C42H28BNO2/c1-5-14-29(15-6-1)31-24-25-36-38(26-31)45-39-27-34(44(32-18-9-3-10-19-32)33-20-11-4-12-21-33)28-40-41(39)43(36)37-23-13-22-35(42(37)46-40)30-16-7-2-8-17-30/h1-28H. The van der Waals surface area contributed by atoms with Crippen LogP contribution in [0.1, 0.15) is 0 Å². The highest BCUT2D eigenvalue weighted by Gasteiger charge is 2.41. The van der Waals surface area contributed by atoms with Gasteiger partial charge in [0, 0.05) is 34.5 Å². The molecule has 0 bridgehead atoms. The SMILES string of the molecule is c1ccc(-c2ccc3c(c2)Oc2cc(N(c4ccccc4)c4ccccc4)cc4c2B3c2cccc(-c3ccccc3)c2O4)cc1. The molecule has 4 heteroatoms. The summed E-state index contributed by atoms with van der Waals surface area (Å²) in [6.07, 6.45) is 0. The van der Waals surface area contributed by atoms with Crippen LogP contribution in [0.2, 0.25) is 0 Å². The molecule has 2 aliphatic rings. The molecule has 0 radical (unpaired) electrons. The summed E-state index contributed by atoms with van der Waals surface area (Å²) in [5.41, 5.74) is 10.9. The average Bonchev–Trinajstić information content (AvgIpc) is 3.13. The van der Waals surface area contributed by atoms with Crippen molar-refractivity contribution < 1.29 is 9.47 Å². The second kappa shape index (κ2) is 10.9. The van der Waals surface area contributed by atoms with Gasteiger partial charge in [0.2, 0.25) is 0 Å². The summed E-state index contributed by atoms with van der Waals surface area (Å²) in [4.78, 5) is 2.26. The van der Waals surface area contributed by atoms with Gasteiger partial charge < -0.3 is 14.4 Å². The largest absolute Gasteiger partial charge is 0.458 e. The Labute approximate surface area is 269 Å². The number of rotatable bonds is 5. The second-order valence-corrected chi connectivity index (χ2v) is 11.7. The van der Waals surface area contributed by atoms with E-state index >= 15 is 0 Å². The minimum absolute atomic E-state index is 0.0399. The lowest BCUT2D eigenvalue weighted by atomic mass is 9.34. The van der Waals surface area contributed by atoms with Gasteiger partial charge in [-0.15, -0.1) is 0 Å². The van der Waals surface area contributed by atoms with E-state index < -0.39 is 0 Å². The van der Waals surface area contributed by atoms with Gasteiger partial charge in [0.25, 0.3) is 6.71 Å². The molecule has 2 aliphatic heterocycles. The first kappa shape index (κ1) is 26.4. The van der Waals surface area contributed by atoms with Crippen molar-refractivity contribution in [1.82, 2.24) is 0 Å². The summed E-state index contributed by atoms with van der Waals surface area (Å²) >= 11 is 0. The van der Waals surface area contributed by atoms with Crippen molar-refractivity contribution >= 4 is 40.2 Å². The summed E-state index contributed by atoms with van der Waals surface area (Å²) in [5.74, 6) is 3.37. The summed E-state index contributed by atoms with van der Waals surface area (Å²) in [7, 11) is 0. The summed E-state index contributed by atoms with van der Waals surface area (Å²) in [5, 5.41) is 0. The predicted molar refractivity (Wildman–Crippen MR) is 190 cm³/mol. The zero-order valence-electron chi connectivity index (χ0n) is 25.0. The molecular formula is C42H28BNO2. The van der Waals surface area contributed by atoms with Crippen LogP contribution in [0.15, 0.2) is 170 Å². The Morgan fingerprint density at radius 3 is 1.63 bits per heavy atom. The van der Waals surface area contributed by atoms with Gasteiger partial charge in [-0.25, -0.2) is 0 Å². The van der Waals surface area contributed by atoms with Gasteiger partial charge in [-0.1, -0.05) is 127 Å². The van der Waals surface area contributed by atoms with Crippen LogP contribution in [0.5, 0.6) is 23.0 Å². The molecule has 0 amide bonds. The van der Waals surface area contributed by atoms with Crippen molar-refractivity contribution in [2.24, 2.45) is 0 Å². The summed E-state index contributed by atoms with van der Waals surface area (Å²) in [6, 6.07) is 59.3. The zero-order chi connectivity index (χ0) is 30.5. The molecule has 0 spiro atoms. The zero-order valence-corrected chi connectivity index (χ0v) is 25.0. The van der Waals surface area contributed by atoms with Gasteiger partial charge in [0.05, 0.1) is 5.69 Å². The van der Waals surface area contributed by atoms with E-state index in [2.05, 4.69) is 150 Å². The molecule has 0 aromatic heterocycles. The van der Waals surface area contributed by atoms with E-state index in [-0.39, 0.29) is 6.71 Å². The molecule has 0 unspecified atom stereocenters. The van der Waals surface area contributed by atoms with Gasteiger partial charge in [-0.05, 0) is 57.9 Å². The molecule has 2 heterocycles. The highest BCUT2D eigenvalue weighted by Crippen LogP contribution is 2.44. The number of ether oxygens (including phenoxy) is 2. The van der Waals surface area contributed by atoms with E-state index in [0.29, 0.717) is 0 Å². The molecular weight excluding hydrogens is 561 g/mol. The van der Waals surface area contributed by atoms with Gasteiger partial charge in [-0.2, -0.15) is 0 Å². The molecule has 0 N–H and O–H groups in total. The smallest absolute Gasteiger partial charge is 0.260 e. The highest BCUT2D eigenvalue weighted by molar-refractivity contribution is 6.98. The molecule has 7 aromatic carbocycles. The number of hydrogen-bond donors (Lipinski definition) is 0. The lowest BCUT2D eigenvalue weighted by molar-refractivity contribution is 0.465. The molecule has 7 aromatic rings. The number of fused-ring (bicyclic) bond motifs is 4. The average molecular weight is 590 g/mol. The molecule has 0 fully saturated rings. The normalized spacial score (nSPS) is 12.2. The Kier molecular flexibility index (Phi) is 6.24. The predicted octanol–water partition coefficient (Wildman–Crippen LogP) is 9.22. The van der Waals surface area contributed by atoms with Crippen molar-refractivity contribution in [3.63, 3.8) is 0 Å². The minimum Gasteiger partial charge on any atom is -0.458 e. The third-order valence-corrected chi connectivity index (χ3v) is 8.97. The maximum Gasteiger partial charge on any atom is 0.260 e. The molecule has 3 nitrogen and oxygen atoms in total. The first-order valence-electron chi connectivity index (χ1n) is 15.6. The van der Waals surface area contributed by atoms with Crippen molar-refractivity contribution in [2.45, 2.75) is 0 Å². The minimum atomic E-state index is -0.0399. The molecule has 9 rings (SSSR count). The van der Waals surface area contributed by atoms with Crippen molar-refractivity contribution in [3.05, 3.63) is 170 Å². The van der Waals surface area contributed by atoms with Crippen LogP contribution < -0.4 is 30.8 Å². The van der Waals surface area contributed by atoms with E-state index in [1.165, 1.54) is 0 Å². The molecule has 0 atom stereocenters. The van der Waals surface area contributed by atoms with E-state index in [1.807, 2.05) is 24.3 Å². The second-order valence-electron chi connectivity index (χ2n) is 11.7. The fraction of sp³-hybridized carbons (Fsp3) is 0. The van der Waals surface area contributed by atoms with Crippen LogP contribution in [0, 0.1) is 0 Å². The summed E-state index contributed by atoms with van der Waals surface area (Å²) < 4.78 is 13.8. The fourth-order valence-corrected chi connectivity index (χ4v) is 6.89. The number of anilines is 3. The van der Waals surface area contributed by atoms with Crippen molar-refractivity contribution in [1.29, 1.82) is 0 Å². The van der Waals surface area contributed by atoms with E-state index in [0.717, 1.165) is 78.7 Å². The molecule has 46 heavy (non-hydrogen) atoms. The lowest BCUT2D eigenvalue weighted by Gasteiger charge is -2.35. The number of benzene rings is 7. The lowest BCUT2D eigenvalue weighted by Crippen LogP contribution is -2.57. The van der Waals surface area contributed by atoms with Crippen LogP contribution in [0.3, 0.4) is 0 Å². The van der Waals surface area contributed by atoms with Crippen LogP contribution in [0.25, 0.3) is 22.3 Å². The van der Waals surface area contributed by atoms with E-state index in [4.69, 9.17) is 9.47 Å². The summed E-state index contributed by atoms with van der Waals surface area (Å²) in [6.45, 7) is -0.0399. The van der Waals surface area contributed by atoms with Crippen LogP contribution in [0.4, 0.5) is 17.1 Å². The quantitative estimate of drug-likeness (QED) is 0.187. The van der Waals surface area contributed by atoms with Crippen LogP contribution in [-0.2, 0) is 0 Å². The Morgan fingerprint density at radius 1 is 0.391 bits per heavy atom. The van der Waals surface area contributed by atoms with Crippen LogP contribution >= 0.6 is 0 Å². The van der Waals surface area contributed by atoms with Gasteiger partial charge in [-0.3, -0.25) is 0 Å². The Morgan fingerprint density at radius 2 is 0.978 bits per heavy atom. The molecule has 0 aliphatic carbocycles. The van der Waals surface area contributed by atoms with Crippen LogP contribution in [-0.4, -0.2) is 6.71 Å². The topological polar surface area (TPSA) is 21.7 Å². The number of nitrogens with zero attached hydrogens (tertiary/aromatic N) is 1. The molecule has 0 saturated carbocycles. The Bertz CT molecular complexity index is 2160.